The molecule has 6 nitrogen and oxygen atoms in total. The van der Waals surface area contributed by atoms with E-state index < -0.39 is 0 Å². The van der Waals surface area contributed by atoms with Gasteiger partial charge in [-0.3, -0.25) is 9.59 Å². The Kier molecular flexibility index (Phi) is 5.62. The average Bonchev–Trinajstić information content (AvgIpc) is 3.60. The van der Waals surface area contributed by atoms with Crippen molar-refractivity contribution in [2.75, 3.05) is 0 Å². The van der Waals surface area contributed by atoms with Gasteiger partial charge in [0.2, 0.25) is 0 Å². The van der Waals surface area contributed by atoms with Gasteiger partial charge in [0.15, 0.2) is 5.76 Å². The number of aromatic nitrogens is 1. The number of hydrogen-bond donors (Lipinski definition) is 1. The number of benzene rings is 3. The minimum atomic E-state index is -0.375. The van der Waals surface area contributed by atoms with Gasteiger partial charge in [0.1, 0.15) is 0 Å². The number of rotatable bonds is 4. The molecule has 1 aliphatic heterocycles. The van der Waals surface area contributed by atoms with E-state index in [2.05, 4.69) is 20.9 Å². The molecule has 1 aliphatic rings. The third kappa shape index (κ3) is 3.87. The largest absolute Gasteiger partial charge is 0.459 e. The van der Waals surface area contributed by atoms with Crippen molar-refractivity contribution in [1.29, 1.82) is 0 Å². The Bertz CT molecular complexity index is 1660. The molecule has 7 heteroatoms. The van der Waals surface area contributed by atoms with Gasteiger partial charge in [-0.05, 0) is 41.5 Å². The third-order valence-electron chi connectivity index (χ3n) is 6.36. The van der Waals surface area contributed by atoms with Crippen molar-refractivity contribution in [3.05, 3.63) is 129 Å². The van der Waals surface area contributed by atoms with Crippen molar-refractivity contribution in [2.45, 2.75) is 12.5 Å². The van der Waals surface area contributed by atoms with Crippen LogP contribution in [0.15, 0.2) is 116 Å². The number of nitrogens with zero attached hydrogens (tertiary/aromatic N) is 2. The molecule has 0 aliphatic carbocycles. The Labute approximate surface area is 215 Å². The third-order valence-corrected chi connectivity index (χ3v) is 6.86. The quantitative estimate of drug-likeness (QED) is 0.282. The summed E-state index contributed by atoms with van der Waals surface area (Å²) in [6, 6.07) is 28.2. The van der Waals surface area contributed by atoms with E-state index in [0.717, 1.165) is 32.1 Å². The number of carbonyl (C=O) groups is 1. The van der Waals surface area contributed by atoms with Gasteiger partial charge in [-0.25, -0.2) is 5.01 Å². The van der Waals surface area contributed by atoms with Gasteiger partial charge in [-0.2, -0.15) is 5.10 Å². The first-order valence-electron chi connectivity index (χ1n) is 11.5. The molecule has 3 heterocycles. The SMILES string of the molecule is O=C(c1ccco1)N1N=C(c2c(-c3ccccc3)c3cc(Br)ccc3[nH]c2=O)C[C@@H]1c1ccccc1. The van der Waals surface area contributed by atoms with Crippen molar-refractivity contribution < 1.29 is 9.21 Å². The molecule has 0 saturated carbocycles. The van der Waals surface area contributed by atoms with Crippen molar-refractivity contribution in [3.63, 3.8) is 0 Å². The summed E-state index contributed by atoms with van der Waals surface area (Å²) >= 11 is 3.57. The van der Waals surface area contributed by atoms with Crippen LogP contribution in [0.3, 0.4) is 0 Å². The zero-order valence-corrected chi connectivity index (χ0v) is 20.6. The molecule has 0 unspecified atom stereocenters. The minimum Gasteiger partial charge on any atom is -0.459 e. The molecule has 36 heavy (non-hydrogen) atoms. The highest BCUT2D eigenvalue weighted by molar-refractivity contribution is 9.10. The lowest BCUT2D eigenvalue weighted by atomic mass is 9.91. The number of nitrogens with one attached hydrogen (secondary N) is 1. The van der Waals surface area contributed by atoms with Crippen LogP contribution in [-0.4, -0.2) is 21.6 Å². The fraction of sp³-hybridized carbons (Fsp3) is 0.0690. The van der Waals surface area contributed by atoms with Gasteiger partial charge >= 0.3 is 5.91 Å². The topological polar surface area (TPSA) is 78.7 Å². The lowest BCUT2D eigenvalue weighted by Crippen LogP contribution is -2.26. The Balaban J connectivity index is 1.58. The standard InChI is InChI=1S/C29H20BrN3O3/c30-20-13-14-22-21(16-20)26(19-10-5-2-6-11-19)27(28(34)31-22)23-17-24(18-8-3-1-4-9-18)33(32-23)29(35)25-12-7-15-36-25/h1-16,24H,17H2,(H,31,34)/t24-/m1/s1. The van der Waals surface area contributed by atoms with Gasteiger partial charge < -0.3 is 9.40 Å². The molecule has 5 aromatic rings. The second-order valence-corrected chi connectivity index (χ2v) is 9.48. The molecule has 0 fully saturated rings. The van der Waals surface area contributed by atoms with Crippen molar-refractivity contribution >= 4 is 38.5 Å². The smallest absolute Gasteiger partial charge is 0.310 e. The van der Waals surface area contributed by atoms with Crippen molar-refractivity contribution in [3.8, 4) is 11.1 Å². The summed E-state index contributed by atoms with van der Waals surface area (Å²) in [5, 5.41) is 7.08. The van der Waals surface area contributed by atoms with E-state index in [1.165, 1.54) is 11.3 Å². The highest BCUT2D eigenvalue weighted by Gasteiger charge is 2.36. The summed E-state index contributed by atoms with van der Waals surface area (Å²) in [7, 11) is 0. The summed E-state index contributed by atoms with van der Waals surface area (Å²) in [6.45, 7) is 0. The lowest BCUT2D eigenvalue weighted by molar-refractivity contribution is 0.0678. The molecular weight excluding hydrogens is 518 g/mol. The first-order chi connectivity index (χ1) is 17.6. The Morgan fingerprint density at radius 1 is 0.944 bits per heavy atom. The number of furan rings is 1. The van der Waals surface area contributed by atoms with Gasteiger partial charge in [0.25, 0.3) is 5.56 Å². The molecule has 1 amide bonds. The molecule has 0 spiro atoms. The predicted octanol–water partition coefficient (Wildman–Crippen LogP) is 6.54. The normalized spacial score (nSPS) is 15.3. The maximum absolute atomic E-state index is 13.6. The average molecular weight is 538 g/mol. The molecular formula is C29H20BrN3O3. The summed E-state index contributed by atoms with van der Waals surface area (Å²) < 4.78 is 6.29. The first kappa shape index (κ1) is 22.2. The molecule has 0 radical (unpaired) electrons. The van der Waals surface area contributed by atoms with Crippen LogP contribution in [0.5, 0.6) is 0 Å². The van der Waals surface area contributed by atoms with Crippen molar-refractivity contribution in [2.24, 2.45) is 5.10 Å². The summed E-state index contributed by atoms with van der Waals surface area (Å²) in [5.74, 6) is -0.161. The number of amides is 1. The number of aromatic amines is 1. The molecule has 2 aromatic heterocycles. The van der Waals surface area contributed by atoms with Gasteiger partial charge in [0.05, 0.1) is 23.6 Å². The highest BCUT2D eigenvalue weighted by Crippen LogP contribution is 2.38. The van der Waals surface area contributed by atoms with Crippen LogP contribution in [0.1, 0.15) is 34.1 Å². The number of halogens is 1. The fourth-order valence-corrected chi connectivity index (χ4v) is 5.10. The predicted molar refractivity (Wildman–Crippen MR) is 143 cm³/mol. The second-order valence-electron chi connectivity index (χ2n) is 8.56. The van der Waals surface area contributed by atoms with Crippen molar-refractivity contribution in [1.82, 2.24) is 9.99 Å². The zero-order valence-electron chi connectivity index (χ0n) is 19.0. The molecule has 6 rings (SSSR count). The van der Waals surface area contributed by atoms with Crippen LogP contribution in [0.25, 0.3) is 22.0 Å². The molecule has 3 aromatic carbocycles. The van der Waals surface area contributed by atoms with E-state index in [1.807, 2.05) is 78.9 Å². The van der Waals surface area contributed by atoms with E-state index in [1.54, 1.807) is 12.1 Å². The molecule has 0 bridgehead atoms. The van der Waals surface area contributed by atoms with Crippen LogP contribution >= 0.6 is 15.9 Å². The maximum Gasteiger partial charge on any atom is 0.310 e. The molecule has 0 saturated heterocycles. The van der Waals surface area contributed by atoms with Gasteiger partial charge in [-0.15, -0.1) is 0 Å². The maximum atomic E-state index is 13.6. The Morgan fingerprint density at radius 2 is 1.69 bits per heavy atom. The summed E-state index contributed by atoms with van der Waals surface area (Å²) in [6.07, 6.45) is 1.85. The number of fused-ring (bicyclic) bond motifs is 1. The number of carbonyl (C=O) groups excluding carboxylic acids is 1. The monoisotopic (exact) mass is 537 g/mol. The van der Waals surface area contributed by atoms with E-state index in [9.17, 15) is 9.59 Å². The minimum absolute atomic E-state index is 0.195. The van der Waals surface area contributed by atoms with Crippen LogP contribution in [0.2, 0.25) is 0 Å². The molecule has 176 valence electrons. The Hall–Kier alpha value is -4.23. The van der Waals surface area contributed by atoms with Gasteiger partial charge in [-0.1, -0.05) is 76.6 Å². The van der Waals surface area contributed by atoms with Gasteiger partial charge in [0, 0.05) is 27.4 Å². The van der Waals surface area contributed by atoms with Crippen LogP contribution in [0, 0.1) is 0 Å². The summed E-state index contributed by atoms with van der Waals surface area (Å²) in [4.78, 5) is 30.0. The van der Waals surface area contributed by atoms with E-state index in [-0.39, 0.29) is 23.3 Å². The first-order valence-corrected chi connectivity index (χ1v) is 12.3. The van der Waals surface area contributed by atoms with E-state index in [4.69, 9.17) is 9.52 Å². The zero-order chi connectivity index (χ0) is 24.6. The number of hydrogen-bond acceptors (Lipinski definition) is 4. The fourth-order valence-electron chi connectivity index (χ4n) is 4.74. The lowest BCUT2D eigenvalue weighted by Gasteiger charge is -2.21. The van der Waals surface area contributed by atoms with E-state index >= 15 is 0 Å². The van der Waals surface area contributed by atoms with Crippen LogP contribution < -0.4 is 5.56 Å². The Morgan fingerprint density at radius 3 is 2.42 bits per heavy atom. The van der Waals surface area contributed by atoms with E-state index in [0.29, 0.717) is 17.7 Å². The highest BCUT2D eigenvalue weighted by atomic mass is 79.9. The summed E-state index contributed by atoms with van der Waals surface area (Å²) in [5.41, 5.74) is 4.10. The molecule has 1 atom stereocenters. The molecule has 1 N–H and O–H groups in total. The number of H-pyrrole nitrogens is 1. The number of hydrazone groups is 1. The van der Waals surface area contributed by atoms with Crippen LogP contribution in [0.4, 0.5) is 0 Å². The van der Waals surface area contributed by atoms with Crippen LogP contribution in [-0.2, 0) is 0 Å². The number of pyridine rings is 1. The second kappa shape index (κ2) is 9.09.